The minimum Gasteiger partial charge on any atom is -0.423 e. The van der Waals surface area contributed by atoms with E-state index in [0.29, 0.717) is 11.5 Å². The molecule has 0 unspecified atom stereocenters. The molecule has 0 bridgehead atoms. The maximum Gasteiger partial charge on any atom is 0.519 e. The van der Waals surface area contributed by atoms with Gasteiger partial charge in [0.15, 0.2) is 0 Å². The minimum atomic E-state index is -0.936. The molecule has 5 heteroatoms. The van der Waals surface area contributed by atoms with Crippen LogP contribution < -0.4 is 14.2 Å². The van der Waals surface area contributed by atoms with E-state index in [1.54, 1.807) is 36.4 Å². The second-order valence-corrected chi connectivity index (χ2v) is 5.97. The maximum absolute atomic E-state index is 12.4. The molecule has 27 heavy (non-hydrogen) atoms. The van der Waals surface area contributed by atoms with E-state index < -0.39 is 12.1 Å². The van der Waals surface area contributed by atoms with Gasteiger partial charge in [0.1, 0.15) is 22.8 Å². The monoisotopic (exact) mass is 362 g/mol. The van der Waals surface area contributed by atoms with Crippen LogP contribution in [0.3, 0.4) is 0 Å². The summed E-state index contributed by atoms with van der Waals surface area (Å²) in [5.41, 5.74) is 2.22. The van der Waals surface area contributed by atoms with E-state index in [1.807, 2.05) is 38.1 Å². The van der Waals surface area contributed by atoms with Crippen molar-refractivity contribution in [2.45, 2.75) is 13.8 Å². The van der Waals surface area contributed by atoms with Gasteiger partial charge in [0.2, 0.25) is 0 Å². The second-order valence-electron chi connectivity index (χ2n) is 5.97. The molecule has 5 nitrogen and oxygen atoms in total. The molecular formula is C22H18O5. The number of hydrogen-bond donors (Lipinski definition) is 0. The van der Waals surface area contributed by atoms with Gasteiger partial charge in [-0.15, -0.1) is 0 Å². The summed E-state index contributed by atoms with van der Waals surface area (Å²) < 4.78 is 15.7. The molecular weight excluding hydrogens is 344 g/mol. The predicted molar refractivity (Wildman–Crippen MR) is 100 cm³/mol. The van der Waals surface area contributed by atoms with Gasteiger partial charge in [-0.1, -0.05) is 47.5 Å². The lowest BCUT2D eigenvalue weighted by Gasteiger charge is -2.10. The van der Waals surface area contributed by atoms with Crippen molar-refractivity contribution in [1.29, 1.82) is 0 Å². The van der Waals surface area contributed by atoms with Crippen LogP contribution in [0.2, 0.25) is 0 Å². The highest BCUT2D eigenvalue weighted by Crippen LogP contribution is 2.22. The van der Waals surface area contributed by atoms with Crippen molar-refractivity contribution >= 4 is 12.1 Å². The summed E-state index contributed by atoms with van der Waals surface area (Å²) in [6, 6.07) is 20.3. The van der Waals surface area contributed by atoms with Gasteiger partial charge in [-0.2, -0.15) is 0 Å². The average molecular weight is 362 g/mol. The lowest BCUT2D eigenvalue weighted by molar-refractivity contribution is 0.0731. The Bertz CT molecular complexity index is 943. The van der Waals surface area contributed by atoms with Gasteiger partial charge in [-0.3, -0.25) is 0 Å². The number of esters is 1. The van der Waals surface area contributed by atoms with Gasteiger partial charge >= 0.3 is 12.1 Å². The number of rotatable bonds is 4. The fourth-order valence-electron chi connectivity index (χ4n) is 2.31. The summed E-state index contributed by atoms with van der Waals surface area (Å²) in [7, 11) is 0. The van der Waals surface area contributed by atoms with Crippen molar-refractivity contribution in [3.8, 4) is 17.2 Å². The Hall–Kier alpha value is -3.60. The molecule has 0 saturated carbocycles. The molecule has 0 aliphatic rings. The Balaban J connectivity index is 1.71. The largest absolute Gasteiger partial charge is 0.519 e. The van der Waals surface area contributed by atoms with Gasteiger partial charge in [0.05, 0.1) is 0 Å². The summed E-state index contributed by atoms with van der Waals surface area (Å²) in [6.07, 6.45) is -0.936. The van der Waals surface area contributed by atoms with Crippen LogP contribution in [0.15, 0.2) is 72.8 Å². The van der Waals surface area contributed by atoms with E-state index in [9.17, 15) is 9.59 Å². The molecule has 0 heterocycles. The van der Waals surface area contributed by atoms with Crippen LogP contribution in [-0.4, -0.2) is 12.1 Å². The topological polar surface area (TPSA) is 61.8 Å². The number of para-hydroxylation sites is 1. The van der Waals surface area contributed by atoms with Crippen molar-refractivity contribution in [3.63, 3.8) is 0 Å². The molecule has 0 N–H and O–H groups in total. The second kappa shape index (κ2) is 8.19. The number of ether oxygens (including phenoxy) is 3. The van der Waals surface area contributed by atoms with E-state index in [0.717, 1.165) is 11.1 Å². The van der Waals surface area contributed by atoms with Gasteiger partial charge in [0.25, 0.3) is 0 Å². The number of carbonyl (C=O) groups is 2. The lowest BCUT2D eigenvalue weighted by Crippen LogP contribution is -2.17. The third-order valence-corrected chi connectivity index (χ3v) is 3.75. The number of carbonyl (C=O) groups excluding carboxylic acids is 2. The van der Waals surface area contributed by atoms with Crippen molar-refractivity contribution < 1.29 is 23.8 Å². The highest BCUT2D eigenvalue weighted by Gasteiger charge is 2.18. The fraction of sp³-hybridized carbons (Fsp3) is 0.0909. The molecule has 0 aliphatic carbocycles. The van der Waals surface area contributed by atoms with Crippen LogP contribution in [0.1, 0.15) is 21.5 Å². The first kappa shape index (κ1) is 18.2. The third-order valence-electron chi connectivity index (χ3n) is 3.75. The third kappa shape index (κ3) is 4.95. The Morgan fingerprint density at radius 3 is 1.74 bits per heavy atom. The molecule has 0 amide bonds. The Morgan fingerprint density at radius 1 is 0.630 bits per heavy atom. The van der Waals surface area contributed by atoms with Crippen molar-refractivity contribution in [3.05, 3.63) is 89.5 Å². The summed E-state index contributed by atoms with van der Waals surface area (Å²) >= 11 is 0. The molecule has 3 aromatic carbocycles. The number of aryl methyl sites for hydroxylation is 2. The molecule has 3 aromatic rings. The van der Waals surface area contributed by atoms with Crippen molar-refractivity contribution in [2.24, 2.45) is 0 Å². The van der Waals surface area contributed by atoms with Crippen molar-refractivity contribution in [2.75, 3.05) is 0 Å². The quantitative estimate of drug-likeness (QED) is 0.367. The van der Waals surface area contributed by atoms with Gasteiger partial charge in [-0.25, -0.2) is 9.59 Å². The Morgan fingerprint density at radius 2 is 1.15 bits per heavy atom. The highest BCUT2D eigenvalue weighted by molar-refractivity contribution is 5.94. The molecule has 0 radical (unpaired) electrons. The van der Waals surface area contributed by atoms with Crippen LogP contribution in [-0.2, 0) is 0 Å². The van der Waals surface area contributed by atoms with Crippen LogP contribution in [0, 0.1) is 13.8 Å². The normalized spacial score (nSPS) is 10.1. The Kier molecular flexibility index (Phi) is 5.52. The Labute approximate surface area is 157 Å². The lowest BCUT2D eigenvalue weighted by atomic mass is 10.2. The molecule has 136 valence electrons. The first-order chi connectivity index (χ1) is 13.0. The van der Waals surface area contributed by atoms with Crippen LogP contribution in [0.5, 0.6) is 17.2 Å². The zero-order valence-corrected chi connectivity index (χ0v) is 15.0. The van der Waals surface area contributed by atoms with Crippen LogP contribution >= 0.6 is 0 Å². The zero-order valence-electron chi connectivity index (χ0n) is 15.0. The van der Waals surface area contributed by atoms with E-state index in [1.165, 1.54) is 12.1 Å². The molecule has 3 rings (SSSR count). The SMILES string of the molecule is Cc1ccc(OC(=O)Oc2ccccc2C(=O)Oc2ccc(C)cc2)cc1. The molecule has 0 saturated heterocycles. The predicted octanol–water partition coefficient (Wildman–Crippen LogP) is 5.10. The van der Waals surface area contributed by atoms with E-state index in [2.05, 4.69) is 0 Å². The van der Waals surface area contributed by atoms with Gasteiger partial charge in [0, 0.05) is 0 Å². The highest BCUT2D eigenvalue weighted by atomic mass is 16.7. The van der Waals surface area contributed by atoms with Crippen LogP contribution in [0.25, 0.3) is 0 Å². The van der Waals surface area contributed by atoms with E-state index in [-0.39, 0.29) is 11.3 Å². The zero-order chi connectivity index (χ0) is 19.2. The molecule has 0 atom stereocenters. The smallest absolute Gasteiger partial charge is 0.423 e. The first-order valence-corrected chi connectivity index (χ1v) is 8.35. The summed E-state index contributed by atoms with van der Waals surface area (Å²) in [4.78, 5) is 24.5. The van der Waals surface area contributed by atoms with E-state index >= 15 is 0 Å². The van der Waals surface area contributed by atoms with Crippen molar-refractivity contribution in [1.82, 2.24) is 0 Å². The molecule has 0 aromatic heterocycles. The number of benzene rings is 3. The van der Waals surface area contributed by atoms with E-state index in [4.69, 9.17) is 14.2 Å². The standard InChI is InChI=1S/C22H18O5/c1-15-7-11-17(12-8-15)25-21(23)19-5-3-4-6-20(19)27-22(24)26-18-13-9-16(2)10-14-18/h3-14H,1-2H3. The molecule has 0 spiro atoms. The molecule has 0 aliphatic heterocycles. The first-order valence-electron chi connectivity index (χ1n) is 8.35. The summed E-state index contributed by atoms with van der Waals surface area (Å²) in [6.45, 7) is 3.87. The fourth-order valence-corrected chi connectivity index (χ4v) is 2.31. The van der Waals surface area contributed by atoms with Crippen LogP contribution in [0.4, 0.5) is 4.79 Å². The number of hydrogen-bond acceptors (Lipinski definition) is 5. The summed E-state index contributed by atoms with van der Waals surface area (Å²) in [5.74, 6) is 0.192. The summed E-state index contributed by atoms with van der Waals surface area (Å²) in [5, 5.41) is 0. The van der Waals surface area contributed by atoms with Gasteiger partial charge in [-0.05, 0) is 50.2 Å². The molecule has 0 fully saturated rings. The maximum atomic E-state index is 12.4. The minimum absolute atomic E-state index is 0.0618. The average Bonchev–Trinajstić information content (AvgIpc) is 2.66. The van der Waals surface area contributed by atoms with Gasteiger partial charge < -0.3 is 14.2 Å².